The zero-order valence-electron chi connectivity index (χ0n) is 13.1. The van der Waals surface area contributed by atoms with E-state index in [1.165, 1.54) is 7.11 Å². The van der Waals surface area contributed by atoms with Crippen molar-refractivity contribution in [3.63, 3.8) is 0 Å². The van der Waals surface area contributed by atoms with Crippen LogP contribution < -0.4 is 14.8 Å². The largest absolute Gasteiger partial charge is 0.497 e. The fourth-order valence-electron chi connectivity index (χ4n) is 1.70. The van der Waals surface area contributed by atoms with E-state index < -0.39 is 0 Å². The number of methoxy groups -OCH3 is 1. The summed E-state index contributed by atoms with van der Waals surface area (Å²) in [7, 11) is 1.54. The normalized spacial score (nSPS) is 12.0. The number of benzene rings is 1. The van der Waals surface area contributed by atoms with Crippen molar-refractivity contribution in [1.82, 2.24) is 5.32 Å². The number of hydrogen-bond acceptors (Lipinski definition) is 5. The molecule has 0 aliphatic carbocycles. The van der Waals surface area contributed by atoms with Crippen molar-refractivity contribution in [2.75, 3.05) is 13.7 Å². The van der Waals surface area contributed by atoms with Crippen LogP contribution in [-0.4, -0.2) is 36.1 Å². The quantitative estimate of drug-likeness (QED) is 0.495. The predicted octanol–water partition coefficient (Wildman–Crippen LogP) is 2.19. The van der Waals surface area contributed by atoms with E-state index in [0.717, 1.165) is 0 Å². The molecule has 0 unspecified atom stereocenters. The lowest BCUT2D eigenvalue weighted by molar-refractivity contribution is -0.124. The van der Waals surface area contributed by atoms with Crippen molar-refractivity contribution >= 4 is 11.6 Å². The molecule has 1 amide bonds. The minimum absolute atomic E-state index is 0.129. The summed E-state index contributed by atoms with van der Waals surface area (Å²) in [5.41, 5.74) is 0.672. The molecule has 116 valence electrons. The van der Waals surface area contributed by atoms with Crippen LogP contribution in [0.15, 0.2) is 23.4 Å². The van der Waals surface area contributed by atoms with Gasteiger partial charge in [-0.2, -0.15) is 0 Å². The molecule has 0 radical (unpaired) electrons. The Bertz CT molecular complexity index is 533. The molecule has 0 bridgehead atoms. The molecule has 6 heteroatoms. The van der Waals surface area contributed by atoms with E-state index in [4.69, 9.17) is 14.7 Å². The van der Waals surface area contributed by atoms with Gasteiger partial charge in [0, 0.05) is 17.2 Å². The maximum Gasteiger partial charge on any atom is 0.258 e. The average molecular weight is 294 g/mol. The number of nitrogens with one attached hydrogen (secondary N) is 1. The predicted molar refractivity (Wildman–Crippen MR) is 80.4 cm³/mol. The third-order valence-electron chi connectivity index (χ3n) is 2.60. The second kappa shape index (κ2) is 6.97. The lowest BCUT2D eigenvalue weighted by Gasteiger charge is -2.21. The van der Waals surface area contributed by atoms with Crippen LogP contribution in [0.1, 0.15) is 33.3 Å². The van der Waals surface area contributed by atoms with Crippen LogP contribution in [0.4, 0.5) is 0 Å². The van der Waals surface area contributed by atoms with Crippen molar-refractivity contribution in [2.45, 2.75) is 33.2 Å². The maximum atomic E-state index is 11.8. The summed E-state index contributed by atoms with van der Waals surface area (Å²) in [6.07, 6.45) is 0. The molecule has 0 aromatic heterocycles. The molecular weight excluding hydrogens is 272 g/mol. The van der Waals surface area contributed by atoms with Crippen LogP contribution in [0.25, 0.3) is 0 Å². The monoisotopic (exact) mass is 294 g/mol. The number of rotatable bonds is 5. The van der Waals surface area contributed by atoms with Gasteiger partial charge < -0.3 is 20.0 Å². The van der Waals surface area contributed by atoms with E-state index in [-0.39, 0.29) is 18.1 Å². The summed E-state index contributed by atoms with van der Waals surface area (Å²) in [5.74, 6) is 0.791. The van der Waals surface area contributed by atoms with E-state index in [9.17, 15) is 4.79 Å². The molecular formula is C15H22N2O4. The van der Waals surface area contributed by atoms with Crippen LogP contribution in [0.3, 0.4) is 0 Å². The summed E-state index contributed by atoms with van der Waals surface area (Å²) in [4.78, 5) is 11.8. The average Bonchev–Trinajstić information content (AvgIpc) is 2.42. The number of amides is 1. The van der Waals surface area contributed by atoms with Gasteiger partial charge in [0.2, 0.25) is 0 Å². The molecule has 0 aliphatic rings. The van der Waals surface area contributed by atoms with Crippen molar-refractivity contribution < 1.29 is 19.5 Å². The molecule has 0 fully saturated rings. The Morgan fingerprint density at radius 3 is 2.57 bits per heavy atom. The van der Waals surface area contributed by atoms with Crippen LogP contribution in [0.5, 0.6) is 11.5 Å². The topological polar surface area (TPSA) is 80.2 Å². The number of carbonyl (C=O) groups is 1. The molecule has 21 heavy (non-hydrogen) atoms. The van der Waals surface area contributed by atoms with Gasteiger partial charge in [-0.25, -0.2) is 0 Å². The fourth-order valence-corrected chi connectivity index (χ4v) is 1.70. The Balaban J connectivity index is 2.88. The highest BCUT2D eigenvalue weighted by Crippen LogP contribution is 2.25. The summed E-state index contributed by atoms with van der Waals surface area (Å²) in [6.45, 7) is 7.19. The Labute approximate surface area is 124 Å². The maximum absolute atomic E-state index is 11.8. The second-order valence-electron chi connectivity index (χ2n) is 5.63. The van der Waals surface area contributed by atoms with Crippen molar-refractivity contribution in [1.29, 1.82) is 0 Å². The third-order valence-corrected chi connectivity index (χ3v) is 2.60. The molecule has 1 aromatic rings. The number of nitrogens with zero attached hydrogens (tertiary/aromatic N) is 1. The van der Waals surface area contributed by atoms with Gasteiger partial charge >= 0.3 is 0 Å². The highest BCUT2D eigenvalue weighted by atomic mass is 16.5. The van der Waals surface area contributed by atoms with Gasteiger partial charge in [-0.3, -0.25) is 4.79 Å². The van der Waals surface area contributed by atoms with Gasteiger partial charge in [0.25, 0.3) is 5.91 Å². The van der Waals surface area contributed by atoms with E-state index in [0.29, 0.717) is 22.8 Å². The molecule has 1 rings (SSSR count). The van der Waals surface area contributed by atoms with E-state index >= 15 is 0 Å². The molecule has 6 nitrogen and oxygen atoms in total. The highest BCUT2D eigenvalue weighted by Gasteiger charge is 2.15. The zero-order valence-corrected chi connectivity index (χ0v) is 13.1. The first kappa shape index (κ1) is 16.8. The Hall–Kier alpha value is -2.24. The number of oxime groups is 1. The Morgan fingerprint density at radius 2 is 2.05 bits per heavy atom. The molecule has 0 spiro atoms. The van der Waals surface area contributed by atoms with Crippen molar-refractivity contribution in [2.24, 2.45) is 5.16 Å². The van der Waals surface area contributed by atoms with Gasteiger partial charge in [-0.1, -0.05) is 5.16 Å². The molecule has 0 saturated heterocycles. The van der Waals surface area contributed by atoms with Crippen LogP contribution >= 0.6 is 0 Å². The second-order valence-corrected chi connectivity index (χ2v) is 5.63. The first-order chi connectivity index (χ1) is 9.76. The summed E-state index contributed by atoms with van der Waals surface area (Å²) in [6, 6.07) is 5.09. The van der Waals surface area contributed by atoms with Crippen LogP contribution in [0.2, 0.25) is 0 Å². The van der Waals surface area contributed by atoms with Crippen LogP contribution in [-0.2, 0) is 4.79 Å². The highest BCUT2D eigenvalue weighted by molar-refractivity contribution is 6.01. The minimum atomic E-state index is -0.319. The molecule has 2 N–H and O–H groups in total. The van der Waals surface area contributed by atoms with Crippen LogP contribution in [0, 0.1) is 0 Å². The Morgan fingerprint density at radius 1 is 1.38 bits per heavy atom. The molecule has 1 aromatic carbocycles. The van der Waals surface area contributed by atoms with E-state index in [1.807, 2.05) is 20.8 Å². The van der Waals surface area contributed by atoms with E-state index in [1.54, 1.807) is 25.1 Å². The van der Waals surface area contributed by atoms with Gasteiger partial charge in [0.15, 0.2) is 6.61 Å². The minimum Gasteiger partial charge on any atom is -0.497 e. The summed E-state index contributed by atoms with van der Waals surface area (Å²) in [5, 5.41) is 14.9. The zero-order chi connectivity index (χ0) is 16.0. The van der Waals surface area contributed by atoms with Gasteiger partial charge in [0.1, 0.15) is 11.5 Å². The Kier molecular flexibility index (Phi) is 5.58. The van der Waals surface area contributed by atoms with Gasteiger partial charge in [0.05, 0.1) is 12.8 Å². The SMILES string of the molecule is COc1ccc(/C(C)=N/O)c(OCC(=O)NC(C)(C)C)c1. The number of hydrogen-bond donors (Lipinski definition) is 2. The fraction of sp³-hybridized carbons (Fsp3) is 0.467. The lowest BCUT2D eigenvalue weighted by Crippen LogP contribution is -2.43. The summed E-state index contributed by atoms with van der Waals surface area (Å²) < 4.78 is 10.7. The molecule has 0 atom stereocenters. The van der Waals surface area contributed by atoms with Crippen molar-refractivity contribution in [3.8, 4) is 11.5 Å². The summed E-state index contributed by atoms with van der Waals surface area (Å²) >= 11 is 0. The molecule has 0 heterocycles. The number of ether oxygens (including phenoxy) is 2. The first-order valence-corrected chi connectivity index (χ1v) is 6.57. The standard InChI is InChI=1S/C15H22N2O4/c1-10(17-19)12-7-6-11(20-5)8-13(12)21-9-14(18)16-15(2,3)4/h6-8,19H,9H2,1-5H3,(H,16,18)/b17-10+. The first-order valence-electron chi connectivity index (χ1n) is 6.57. The molecule has 0 saturated carbocycles. The van der Waals surface area contributed by atoms with Crippen molar-refractivity contribution in [3.05, 3.63) is 23.8 Å². The third kappa shape index (κ3) is 5.33. The molecule has 0 aliphatic heterocycles. The smallest absolute Gasteiger partial charge is 0.258 e. The van der Waals surface area contributed by atoms with Gasteiger partial charge in [-0.15, -0.1) is 0 Å². The van der Waals surface area contributed by atoms with Gasteiger partial charge in [-0.05, 0) is 39.8 Å². The number of carbonyl (C=O) groups excluding carboxylic acids is 1. The lowest BCUT2D eigenvalue weighted by atomic mass is 10.1. The van der Waals surface area contributed by atoms with E-state index in [2.05, 4.69) is 10.5 Å².